The molecule has 70 valence electrons. The molecule has 0 aliphatic carbocycles. The summed E-state index contributed by atoms with van der Waals surface area (Å²) in [5, 5.41) is 0. The summed E-state index contributed by atoms with van der Waals surface area (Å²) in [6, 6.07) is 5.08. The smallest absolute Gasteiger partial charge is 0.166 e. The molecule has 0 spiro atoms. The Bertz CT molecular complexity index is 327. The fraction of sp³-hybridized carbons (Fsp3) is 0.222. The SMILES string of the molecule is Nc1ccc(S)cc1C(=O)CCCl. The number of alkyl halides is 1. The quantitative estimate of drug-likeness (QED) is 0.352. The Labute approximate surface area is 87.5 Å². The monoisotopic (exact) mass is 215 g/mol. The highest BCUT2D eigenvalue weighted by Gasteiger charge is 2.08. The van der Waals surface area contributed by atoms with Gasteiger partial charge in [-0.25, -0.2) is 0 Å². The maximum atomic E-state index is 11.4. The maximum Gasteiger partial charge on any atom is 0.166 e. The highest BCUT2D eigenvalue weighted by atomic mass is 35.5. The van der Waals surface area contributed by atoms with Gasteiger partial charge in [-0.2, -0.15) is 0 Å². The second-order valence-corrected chi connectivity index (χ2v) is 3.53. The summed E-state index contributed by atoms with van der Waals surface area (Å²) < 4.78 is 0. The topological polar surface area (TPSA) is 43.1 Å². The van der Waals surface area contributed by atoms with Gasteiger partial charge in [0, 0.05) is 28.4 Å². The fourth-order valence-electron chi connectivity index (χ4n) is 1.01. The molecule has 4 heteroatoms. The number of hydrogen-bond donors (Lipinski definition) is 2. The first-order chi connectivity index (χ1) is 6.15. The molecule has 2 nitrogen and oxygen atoms in total. The van der Waals surface area contributed by atoms with Crippen molar-refractivity contribution in [1.82, 2.24) is 0 Å². The van der Waals surface area contributed by atoms with Gasteiger partial charge in [-0.3, -0.25) is 4.79 Å². The molecule has 0 radical (unpaired) electrons. The lowest BCUT2D eigenvalue weighted by Crippen LogP contribution is -2.04. The number of carbonyl (C=O) groups is 1. The lowest BCUT2D eigenvalue weighted by Gasteiger charge is -2.03. The number of thiol groups is 1. The highest BCUT2D eigenvalue weighted by molar-refractivity contribution is 7.80. The van der Waals surface area contributed by atoms with Gasteiger partial charge in [0.2, 0.25) is 0 Å². The van der Waals surface area contributed by atoms with Crippen molar-refractivity contribution in [2.75, 3.05) is 11.6 Å². The van der Waals surface area contributed by atoms with E-state index in [0.717, 1.165) is 4.90 Å². The van der Waals surface area contributed by atoms with Crippen LogP contribution < -0.4 is 5.73 Å². The second kappa shape index (κ2) is 4.53. The largest absolute Gasteiger partial charge is 0.398 e. The van der Waals surface area contributed by atoms with Gasteiger partial charge in [-0.05, 0) is 18.2 Å². The van der Waals surface area contributed by atoms with Gasteiger partial charge in [0.05, 0.1) is 0 Å². The minimum Gasteiger partial charge on any atom is -0.398 e. The standard InChI is InChI=1S/C9H10ClNOS/c10-4-3-9(12)7-5-6(13)1-2-8(7)11/h1-2,5,13H,3-4,11H2. The van der Waals surface area contributed by atoms with E-state index in [1.807, 2.05) is 0 Å². The van der Waals surface area contributed by atoms with Gasteiger partial charge in [0.25, 0.3) is 0 Å². The van der Waals surface area contributed by atoms with Crippen molar-refractivity contribution >= 4 is 35.7 Å². The van der Waals surface area contributed by atoms with Crippen molar-refractivity contribution in [3.63, 3.8) is 0 Å². The molecule has 0 saturated carbocycles. The van der Waals surface area contributed by atoms with Crippen molar-refractivity contribution < 1.29 is 4.79 Å². The summed E-state index contributed by atoms with van der Waals surface area (Å²) in [6.45, 7) is 0. The van der Waals surface area contributed by atoms with Gasteiger partial charge in [-0.15, -0.1) is 24.2 Å². The Morgan fingerprint density at radius 1 is 1.54 bits per heavy atom. The Kier molecular flexibility index (Phi) is 3.63. The van der Waals surface area contributed by atoms with E-state index in [-0.39, 0.29) is 5.78 Å². The van der Waals surface area contributed by atoms with Crippen LogP contribution in [0.25, 0.3) is 0 Å². The molecule has 0 amide bonds. The van der Waals surface area contributed by atoms with Crippen LogP contribution in [0.15, 0.2) is 23.1 Å². The molecule has 1 aromatic rings. The summed E-state index contributed by atoms with van der Waals surface area (Å²) >= 11 is 9.58. The Balaban J connectivity index is 2.99. The number of carbonyl (C=O) groups excluding carboxylic acids is 1. The predicted octanol–water partition coefficient (Wildman–Crippen LogP) is 2.37. The van der Waals surface area contributed by atoms with Crippen LogP contribution in [0.5, 0.6) is 0 Å². The summed E-state index contributed by atoms with van der Waals surface area (Å²) in [4.78, 5) is 12.1. The normalized spacial score (nSPS) is 10.0. The molecule has 0 unspecified atom stereocenters. The van der Waals surface area contributed by atoms with E-state index < -0.39 is 0 Å². The average molecular weight is 216 g/mol. The highest BCUT2D eigenvalue weighted by Crippen LogP contribution is 2.18. The third-order valence-corrected chi connectivity index (χ3v) is 2.13. The number of anilines is 1. The van der Waals surface area contributed by atoms with Crippen molar-refractivity contribution in [3.8, 4) is 0 Å². The van der Waals surface area contributed by atoms with Crippen molar-refractivity contribution in [2.45, 2.75) is 11.3 Å². The number of rotatable bonds is 3. The number of nitrogens with two attached hydrogens (primary N) is 1. The third kappa shape index (κ3) is 2.64. The van der Waals surface area contributed by atoms with Crippen LogP contribution in [0.4, 0.5) is 5.69 Å². The van der Waals surface area contributed by atoms with Crippen LogP contribution in [-0.2, 0) is 0 Å². The van der Waals surface area contributed by atoms with Crippen molar-refractivity contribution in [3.05, 3.63) is 23.8 Å². The molecule has 0 aromatic heterocycles. The van der Waals surface area contributed by atoms with E-state index in [1.165, 1.54) is 0 Å². The lowest BCUT2D eigenvalue weighted by molar-refractivity contribution is 0.0990. The van der Waals surface area contributed by atoms with Gasteiger partial charge in [0.1, 0.15) is 0 Å². The minimum atomic E-state index is -0.0385. The molecule has 0 atom stereocenters. The molecule has 0 heterocycles. The van der Waals surface area contributed by atoms with E-state index in [2.05, 4.69) is 12.6 Å². The Morgan fingerprint density at radius 3 is 2.85 bits per heavy atom. The zero-order valence-electron chi connectivity index (χ0n) is 6.96. The van der Waals surface area contributed by atoms with E-state index >= 15 is 0 Å². The minimum absolute atomic E-state index is 0.0385. The summed E-state index contributed by atoms with van der Waals surface area (Å²) in [5.74, 6) is 0.276. The van der Waals surface area contributed by atoms with E-state index in [9.17, 15) is 4.79 Å². The van der Waals surface area contributed by atoms with Crippen LogP contribution in [-0.4, -0.2) is 11.7 Å². The summed E-state index contributed by atoms with van der Waals surface area (Å²) in [7, 11) is 0. The van der Waals surface area contributed by atoms with Crippen molar-refractivity contribution in [1.29, 1.82) is 0 Å². The second-order valence-electron chi connectivity index (χ2n) is 2.63. The number of ketones is 1. The number of benzene rings is 1. The van der Waals surface area contributed by atoms with Gasteiger partial charge >= 0.3 is 0 Å². The molecule has 13 heavy (non-hydrogen) atoms. The third-order valence-electron chi connectivity index (χ3n) is 1.66. The van der Waals surface area contributed by atoms with E-state index in [4.69, 9.17) is 17.3 Å². The maximum absolute atomic E-state index is 11.4. The number of hydrogen-bond acceptors (Lipinski definition) is 3. The Morgan fingerprint density at radius 2 is 2.23 bits per heavy atom. The van der Waals surface area contributed by atoms with Gasteiger partial charge < -0.3 is 5.73 Å². The molecule has 1 aromatic carbocycles. The first-order valence-corrected chi connectivity index (χ1v) is 4.81. The molecule has 0 fully saturated rings. The van der Waals surface area contributed by atoms with Gasteiger partial charge in [0.15, 0.2) is 5.78 Å². The number of halogens is 1. The molecule has 2 N–H and O–H groups in total. The van der Waals surface area contributed by atoms with Crippen LogP contribution in [0, 0.1) is 0 Å². The summed E-state index contributed by atoms with van der Waals surface area (Å²) in [6.07, 6.45) is 0.309. The average Bonchev–Trinajstić information content (AvgIpc) is 2.09. The van der Waals surface area contributed by atoms with Crippen LogP contribution >= 0.6 is 24.2 Å². The molecule has 0 aliphatic heterocycles. The molecular weight excluding hydrogens is 206 g/mol. The molecule has 0 bridgehead atoms. The fourth-order valence-corrected chi connectivity index (χ4v) is 1.38. The molecule has 0 aliphatic rings. The lowest BCUT2D eigenvalue weighted by atomic mass is 10.1. The first-order valence-electron chi connectivity index (χ1n) is 3.83. The molecular formula is C9H10ClNOS. The molecule has 1 rings (SSSR count). The van der Waals surface area contributed by atoms with Gasteiger partial charge in [-0.1, -0.05) is 0 Å². The summed E-state index contributed by atoms with van der Waals surface area (Å²) in [5.41, 5.74) is 6.61. The number of Topliss-reactive ketones (excluding diaryl/α,β-unsaturated/α-hetero) is 1. The molecule has 0 saturated heterocycles. The van der Waals surface area contributed by atoms with E-state index in [0.29, 0.717) is 23.6 Å². The van der Waals surface area contributed by atoms with Crippen LogP contribution in [0.3, 0.4) is 0 Å². The zero-order valence-corrected chi connectivity index (χ0v) is 8.61. The van der Waals surface area contributed by atoms with Crippen LogP contribution in [0.1, 0.15) is 16.8 Å². The van der Waals surface area contributed by atoms with E-state index in [1.54, 1.807) is 18.2 Å². The zero-order chi connectivity index (χ0) is 9.84. The Hall–Kier alpha value is -0.670. The van der Waals surface area contributed by atoms with Crippen molar-refractivity contribution in [2.24, 2.45) is 0 Å². The van der Waals surface area contributed by atoms with Crippen LogP contribution in [0.2, 0.25) is 0 Å². The predicted molar refractivity (Wildman–Crippen MR) is 57.8 cm³/mol. The number of nitrogen functional groups attached to an aromatic ring is 1. The first kappa shape index (κ1) is 10.4.